The molecule has 0 bridgehead atoms. The summed E-state index contributed by atoms with van der Waals surface area (Å²) in [6, 6.07) is 18.8. The number of amides is 2. The van der Waals surface area contributed by atoms with E-state index in [0.717, 1.165) is 17.5 Å². The molecule has 39 heavy (non-hydrogen) atoms. The van der Waals surface area contributed by atoms with Crippen LogP contribution < -0.4 is 20.1 Å². The van der Waals surface area contributed by atoms with Gasteiger partial charge >= 0.3 is 5.97 Å². The van der Waals surface area contributed by atoms with E-state index in [0.29, 0.717) is 25.2 Å². The quantitative estimate of drug-likeness (QED) is 0.212. The molecule has 1 aliphatic rings. The molecule has 0 fully saturated rings. The molecule has 2 aromatic carbocycles. The third-order valence-electron chi connectivity index (χ3n) is 6.58. The topological polar surface area (TPSA) is 91.6 Å². The van der Waals surface area contributed by atoms with Crippen LogP contribution in [0.4, 0.5) is 10.1 Å². The van der Waals surface area contributed by atoms with Gasteiger partial charge in [-0.1, -0.05) is 36.4 Å². The molecule has 9 heteroatoms. The SMILES string of the molecule is O=C(CCN(C(=O)CCC[n+]1ccccc1)c1cccc(F)c1)NCCOC(=O)C1NCCc2ccccc21. The van der Waals surface area contributed by atoms with Crippen molar-refractivity contribution in [3.63, 3.8) is 0 Å². The Bertz CT molecular complexity index is 1270. The van der Waals surface area contributed by atoms with Crippen molar-refractivity contribution < 1.29 is 28.1 Å². The van der Waals surface area contributed by atoms with Crippen molar-refractivity contribution in [3.8, 4) is 0 Å². The van der Waals surface area contributed by atoms with Crippen molar-refractivity contribution in [2.75, 3.05) is 31.1 Å². The molecule has 1 aliphatic heterocycles. The number of benzene rings is 2. The lowest BCUT2D eigenvalue weighted by molar-refractivity contribution is -0.697. The van der Waals surface area contributed by atoms with Crippen LogP contribution in [0.2, 0.25) is 0 Å². The maximum atomic E-state index is 13.9. The Hall–Kier alpha value is -4.11. The van der Waals surface area contributed by atoms with Gasteiger partial charge in [-0.05, 0) is 35.7 Å². The zero-order valence-electron chi connectivity index (χ0n) is 21.9. The van der Waals surface area contributed by atoms with E-state index in [9.17, 15) is 18.8 Å². The van der Waals surface area contributed by atoms with Gasteiger partial charge in [-0.2, -0.15) is 0 Å². The molecular formula is C30H34FN4O4+. The van der Waals surface area contributed by atoms with Gasteiger partial charge in [0.25, 0.3) is 0 Å². The molecule has 2 N–H and O–H groups in total. The summed E-state index contributed by atoms with van der Waals surface area (Å²) in [7, 11) is 0. The van der Waals surface area contributed by atoms with Gasteiger partial charge in [0.1, 0.15) is 25.0 Å². The number of carbonyl (C=O) groups is 3. The van der Waals surface area contributed by atoms with Gasteiger partial charge in [0.2, 0.25) is 11.8 Å². The number of halogens is 1. The molecule has 3 aromatic rings. The number of aromatic nitrogens is 1. The van der Waals surface area contributed by atoms with Crippen molar-refractivity contribution in [2.45, 2.75) is 38.3 Å². The normalized spacial score (nSPS) is 14.2. The molecule has 0 aliphatic carbocycles. The van der Waals surface area contributed by atoms with Crippen LogP contribution in [-0.2, 0) is 32.1 Å². The number of hydrogen-bond donors (Lipinski definition) is 2. The van der Waals surface area contributed by atoms with E-state index >= 15 is 0 Å². The molecule has 2 amide bonds. The summed E-state index contributed by atoms with van der Waals surface area (Å²) in [5, 5.41) is 5.91. The fourth-order valence-corrected chi connectivity index (χ4v) is 4.62. The number of nitrogens with one attached hydrogen (secondary N) is 2. The number of anilines is 1. The molecule has 0 saturated heterocycles. The largest absolute Gasteiger partial charge is 0.462 e. The summed E-state index contributed by atoms with van der Waals surface area (Å²) in [6.45, 7) is 1.66. The molecule has 0 radical (unpaired) electrons. The van der Waals surface area contributed by atoms with Gasteiger partial charge in [-0.25, -0.2) is 13.8 Å². The highest BCUT2D eigenvalue weighted by molar-refractivity contribution is 5.94. The smallest absolute Gasteiger partial charge is 0.327 e. The van der Waals surface area contributed by atoms with Gasteiger partial charge in [0.05, 0.1) is 6.54 Å². The standard InChI is InChI=1S/C30H33FN4O4/c31-24-9-6-10-25(22-24)35(28(37)12-7-19-34-17-4-1-5-18-34)20-14-27(36)32-16-21-39-30(38)29-26-11-3-2-8-23(26)13-15-33-29/h1-6,8-11,17-18,22,29,33H,7,12-16,19-21H2/p+1. The monoisotopic (exact) mass is 533 g/mol. The predicted octanol–water partition coefficient (Wildman–Crippen LogP) is 2.86. The van der Waals surface area contributed by atoms with E-state index in [4.69, 9.17) is 4.74 Å². The second-order valence-corrected chi connectivity index (χ2v) is 9.35. The van der Waals surface area contributed by atoms with Crippen molar-refractivity contribution in [3.05, 3.63) is 96.1 Å². The second kappa shape index (κ2) is 14.2. The Balaban J connectivity index is 1.23. The van der Waals surface area contributed by atoms with Gasteiger partial charge in [-0.3, -0.25) is 9.59 Å². The highest BCUT2D eigenvalue weighted by Crippen LogP contribution is 2.23. The molecule has 0 saturated carbocycles. The average molecular weight is 534 g/mol. The summed E-state index contributed by atoms with van der Waals surface area (Å²) in [6.07, 6.45) is 5.62. The number of nitrogens with zero attached hydrogens (tertiary/aromatic N) is 2. The summed E-state index contributed by atoms with van der Waals surface area (Å²) >= 11 is 0. The van der Waals surface area contributed by atoms with E-state index in [2.05, 4.69) is 10.6 Å². The maximum Gasteiger partial charge on any atom is 0.327 e. The Kier molecular flexibility index (Phi) is 10.1. The van der Waals surface area contributed by atoms with Gasteiger partial charge in [0.15, 0.2) is 12.4 Å². The summed E-state index contributed by atoms with van der Waals surface area (Å²) in [5.74, 6) is -1.31. The minimum Gasteiger partial charge on any atom is -0.462 e. The number of pyridine rings is 1. The van der Waals surface area contributed by atoms with E-state index in [-0.39, 0.29) is 50.3 Å². The number of esters is 1. The summed E-state index contributed by atoms with van der Waals surface area (Å²) in [5.41, 5.74) is 2.46. The molecular weight excluding hydrogens is 499 g/mol. The third kappa shape index (κ3) is 8.19. The van der Waals surface area contributed by atoms with E-state index in [1.54, 1.807) is 12.1 Å². The Morgan fingerprint density at radius 2 is 1.85 bits per heavy atom. The van der Waals surface area contributed by atoms with Gasteiger partial charge in [-0.15, -0.1) is 0 Å². The molecule has 0 spiro atoms. The molecule has 2 heterocycles. The summed E-state index contributed by atoms with van der Waals surface area (Å²) < 4.78 is 21.3. The van der Waals surface area contributed by atoms with Crippen LogP contribution in [0, 0.1) is 5.82 Å². The van der Waals surface area contributed by atoms with E-state index in [1.165, 1.54) is 17.0 Å². The first-order chi connectivity index (χ1) is 19.0. The maximum absolute atomic E-state index is 13.9. The predicted molar refractivity (Wildman–Crippen MR) is 144 cm³/mol. The minimum atomic E-state index is -0.517. The first kappa shape index (κ1) is 27.9. The Morgan fingerprint density at radius 3 is 2.67 bits per heavy atom. The number of aryl methyl sites for hydroxylation is 1. The minimum absolute atomic E-state index is 0.0290. The molecule has 1 unspecified atom stereocenters. The lowest BCUT2D eigenvalue weighted by Gasteiger charge is -2.25. The molecule has 1 atom stereocenters. The van der Waals surface area contributed by atoms with Crippen molar-refractivity contribution >= 4 is 23.5 Å². The van der Waals surface area contributed by atoms with Crippen LogP contribution >= 0.6 is 0 Å². The summed E-state index contributed by atoms with van der Waals surface area (Å²) in [4.78, 5) is 39.6. The lowest BCUT2D eigenvalue weighted by atomic mass is 9.94. The van der Waals surface area contributed by atoms with Crippen LogP contribution in [0.1, 0.15) is 36.4 Å². The average Bonchev–Trinajstić information content (AvgIpc) is 2.95. The van der Waals surface area contributed by atoms with Crippen LogP contribution in [0.15, 0.2) is 79.1 Å². The van der Waals surface area contributed by atoms with E-state index in [1.807, 2.05) is 59.4 Å². The fourth-order valence-electron chi connectivity index (χ4n) is 4.62. The van der Waals surface area contributed by atoms with Crippen LogP contribution in [0.3, 0.4) is 0 Å². The molecule has 4 rings (SSSR count). The lowest BCUT2D eigenvalue weighted by Crippen LogP contribution is -2.38. The first-order valence-electron chi connectivity index (χ1n) is 13.3. The molecule has 8 nitrogen and oxygen atoms in total. The van der Waals surface area contributed by atoms with E-state index < -0.39 is 11.9 Å². The highest BCUT2D eigenvalue weighted by atomic mass is 19.1. The van der Waals surface area contributed by atoms with Crippen LogP contribution in [0.25, 0.3) is 0 Å². The number of ether oxygens (including phenoxy) is 1. The van der Waals surface area contributed by atoms with Crippen molar-refractivity contribution in [2.24, 2.45) is 0 Å². The molecule has 1 aromatic heterocycles. The van der Waals surface area contributed by atoms with Gasteiger partial charge < -0.3 is 20.3 Å². The first-order valence-corrected chi connectivity index (χ1v) is 13.3. The number of hydrogen-bond acceptors (Lipinski definition) is 5. The van der Waals surface area contributed by atoms with Crippen molar-refractivity contribution in [1.82, 2.24) is 10.6 Å². The van der Waals surface area contributed by atoms with Crippen LogP contribution in [-0.4, -0.2) is 44.0 Å². The number of rotatable bonds is 12. The third-order valence-corrected chi connectivity index (χ3v) is 6.58. The number of fused-ring (bicyclic) bond motifs is 1. The Morgan fingerprint density at radius 1 is 1.03 bits per heavy atom. The Labute approximate surface area is 227 Å². The van der Waals surface area contributed by atoms with Crippen molar-refractivity contribution in [1.29, 1.82) is 0 Å². The van der Waals surface area contributed by atoms with Gasteiger partial charge in [0, 0.05) is 50.2 Å². The molecule has 204 valence electrons. The fraction of sp³-hybridized carbons (Fsp3) is 0.333. The second-order valence-electron chi connectivity index (χ2n) is 9.35. The van der Waals surface area contributed by atoms with Crippen LogP contribution in [0.5, 0.6) is 0 Å². The number of carbonyl (C=O) groups excluding carboxylic acids is 3. The highest BCUT2D eigenvalue weighted by Gasteiger charge is 2.27. The zero-order chi connectivity index (χ0) is 27.5. The zero-order valence-corrected chi connectivity index (χ0v) is 21.9.